The van der Waals surface area contributed by atoms with E-state index in [2.05, 4.69) is 12.6 Å². The summed E-state index contributed by atoms with van der Waals surface area (Å²) in [5, 5.41) is 0. The lowest BCUT2D eigenvalue weighted by atomic mass is 10.1. The first-order valence-electron chi connectivity index (χ1n) is 5.85. The molecule has 0 aliphatic carbocycles. The first-order chi connectivity index (χ1) is 8.61. The third-order valence-corrected chi connectivity index (χ3v) is 3.24. The third kappa shape index (κ3) is 2.72. The van der Waals surface area contributed by atoms with E-state index < -0.39 is 0 Å². The van der Waals surface area contributed by atoms with E-state index in [0.717, 1.165) is 22.6 Å². The summed E-state index contributed by atoms with van der Waals surface area (Å²) in [6, 6.07) is 3.91. The van der Waals surface area contributed by atoms with Crippen molar-refractivity contribution in [2.24, 2.45) is 0 Å². The zero-order valence-corrected chi connectivity index (χ0v) is 11.5. The zero-order chi connectivity index (χ0) is 13.1. The fourth-order valence-corrected chi connectivity index (χ4v) is 2.11. The Morgan fingerprint density at radius 1 is 1.33 bits per heavy atom. The summed E-state index contributed by atoms with van der Waals surface area (Å²) in [6.45, 7) is 3.72. The number of amides is 1. The van der Waals surface area contributed by atoms with Gasteiger partial charge in [0, 0.05) is 13.6 Å². The van der Waals surface area contributed by atoms with Crippen molar-refractivity contribution in [3.8, 4) is 11.5 Å². The summed E-state index contributed by atoms with van der Waals surface area (Å²) in [6.07, 6.45) is 0. The van der Waals surface area contributed by atoms with E-state index in [9.17, 15) is 4.79 Å². The number of benzene rings is 1. The molecule has 0 saturated carbocycles. The molecule has 0 spiro atoms. The average molecular weight is 267 g/mol. The molecule has 0 bridgehead atoms. The highest BCUT2D eigenvalue weighted by Gasteiger charge is 2.16. The van der Waals surface area contributed by atoms with Crippen LogP contribution in [0.5, 0.6) is 11.5 Å². The first-order valence-corrected chi connectivity index (χ1v) is 6.49. The lowest BCUT2D eigenvalue weighted by Crippen LogP contribution is -2.27. The van der Waals surface area contributed by atoms with Crippen LogP contribution in [-0.4, -0.2) is 36.8 Å². The summed E-state index contributed by atoms with van der Waals surface area (Å²) >= 11 is 3.99. The third-order valence-electron chi connectivity index (χ3n) is 2.97. The SMILES string of the molecule is Cc1cc2c(cc1CN(C)C(=O)CS)OCCO2. The van der Waals surface area contributed by atoms with Gasteiger partial charge >= 0.3 is 0 Å². The fraction of sp³-hybridized carbons (Fsp3) is 0.462. The average Bonchev–Trinajstić information content (AvgIpc) is 2.38. The molecular weight excluding hydrogens is 250 g/mol. The van der Waals surface area contributed by atoms with Gasteiger partial charge < -0.3 is 14.4 Å². The minimum atomic E-state index is 0.00706. The molecular formula is C13H17NO3S. The number of thiol groups is 1. The molecule has 1 aliphatic rings. The molecule has 0 aromatic heterocycles. The van der Waals surface area contributed by atoms with E-state index in [-0.39, 0.29) is 11.7 Å². The van der Waals surface area contributed by atoms with Crippen molar-refractivity contribution in [1.29, 1.82) is 0 Å². The Morgan fingerprint density at radius 2 is 1.94 bits per heavy atom. The maximum Gasteiger partial charge on any atom is 0.232 e. The molecule has 1 aromatic rings. The topological polar surface area (TPSA) is 38.8 Å². The Hall–Kier alpha value is -1.36. The van der Waals surface area contributed by atoms with Gasteiger partial charge in [0.2, 0.25) is 5.91 Å². The Bertz CT molecular complexity index is 462. The number of nitrogens with zero attached hydrogens (tertiary/aromatic N) is 1. The maximum absolute atomic E-state index is 11.5. The second kappa shape index (κ2) is 5.52. The van der Waals surface area contributed by atoms with E-state index in [1.54, 1.807) is 11.9 Å². The number of carbonyl (C=O) groups is 1. The molecule has 18 heavy (non-hydrogen) atoms. The van der Waals surface area contributed by atoms with Crippen LogP contribution in [0.2, 0.25) is 0 Å². The van der Waals surface area contributed by atoms with Crippen LogP contribution in [0.15, 0.2) is 12.1 Å². The lowest BCUT2D eigenvalue weighted by Gasteiger charge is -2.22. The zero-order valence-electron chi connectivity index (χ0n) is 10.6. The van der Waals surface area contributed by atoms with Gasteiger partial charge in [0.25, 0.3) is 0 Å². The molecule has 0 N–H and O–H groups in total. The van der Waals surface area contributed by atoms with Gasteiger partial charge in [-0.05, 0) is 30.2 Å². The number of rotatable bonds is 3. The van der Waals surface area contributed by atoms with Gasteiger partial charge in [0.15, 0.2) is 11.5 Å². The monoisotopic (exact) mass is 267 g/mol. The molecule has 0 unspecified atom stereocenters. The van der Waals surface area contributed by atoms with Crippen LogP contribution < -0.4 is 9.47 Å². The van der Waals surface area contributed by atoms with E-state index >= 15 is 0 Å². The van der Waals surface area contributed by atoms with Gasteiger partial charge in [-0.2, -0.15) is 12.6 Å². The Labute approximate surface area is 112 Å². The molecule has 1 amide bonds. The Morgan fingerprint density at radius 3 is 2.56 bits per heavy atom. The number of hydrogen-bond donors (Lipinski definition) is 1. The summed E-state index contributed by atoms with van der Waals surface area (Å²) in [4.78, 5) is 13.2. The molecule has 5 heteroatoms. The van der Waals surface area contributed by atoms with E-state index in [4.69, 9.17) is 9.47 Å². The molecule has 1 aromatic carbocycles. The predicted octanol–water partition coefficient (Wildman–Crippen LogP) is 1.65. The summed E-state index contributed by atoms with van der Waals surface area (Å²) in [5.41, 5.74) is 2.16. The van der Waals surface area contributed by atoms with Gasteiger partial charge in [-0.25, -0.2) is 0 Å². The highest BCUT2D eigenvalue weighted by atomic mass is 32.1. The quantitative estimate of drug-likeness (QED) is 0.846. The highest BCUT2D eigenvalue weighted by Crippen LogP contribution is 2.33. The molecule has 4 nitrogen and oxygen atoms in total. The molecule has 2 rings (SSSR count). The van der Waals surface area contributed by atoms with Crippen molar-refractivity contribution in [3.05, 3.63) is 23.3 Å². The van der Waals surface area contributed by atoms with Crippen LogP contribution >= 0.6 is 12.6 Å². The summed E-state index contributed by atoms with van der Waals surface area (Å²) in [7, 11) is 1.77. The second-order valence-electron chi connectivity index (χ2n) is 4.33. The van der Waals surface area contributed by atoms with Crippen molar-refractivity contribution in [2.45, 2.75) is 13.5 Å². The van der Waals surface area contributed by atoms with Crippen molar-refractivity contribution in [3.63, 3.8) is 0 Å². The predicted molar refractivity (Wildman–Crippen MR) is 72.5 cm³/mol. The minimum absolute atomic E-state index is 0.00706. The van der Waals surface area contributed by atoms with E-state index in [0.29, 0.717) is 19.8 Å². The molecule has 0 saturated heterocycles. The van der Waals surface area contributed by atoms with Gasteiger partial charge in [-0.3, -0.25) is 4.79 Å². The fourth-order valence-electron chi connectivity index (χ4n) is 1.87. The second-order valence-corrected chi connectivity index (χ2v) is 4.65. The van der Waals surface area contributed by atoms with Crippen molar-refractivity contribution in [1.82, 2.24) is 4.90 Å². The number of aryl methyl sites for hydroxylation is 1. The Balaban J connectivity index is 2.20. The number of carbonyl (C=O) groups excluding carboxylic acids is 1. The molecule has 98 valence electrons. The smallest absolute Gasteiger partial charge is 0.232 e. The van der Waals surface area contributed by atoms with Crippen LogP contribution in [0.4, 0.5) is 0 Å². The number of fused-ring (bicyclic) bond motifs is 1. The normalized spacial score (nSPS) is 13.3. The van der Waals surface area contributed by atoms with E-state index in [1.807, 2.05) is 19.1 Å². The number of ether oxygens (including phenoxy) is 2. The molecule has 0 atom stereocenters. The van der Waals surface area contributed by atoms with Crippen LogP contribution in [-0.2, 0) is 11.3 Å². The van der Waals surface area contributed by atoms with Gasteiger partial charge in [-0.15, -0.1) is 0 Å². The van der Waals surface area contributed by atoms with Crippen molar-refractivity contribution < 1.29 is 14.3 Å². The minimum Gasteiger partial charge on any atom is -0.486 e. The van der Waals surface area contributed by atoms with Gasteiger partial charge in [0.05, 0.1) is 5.75 Å². The molecule has 1 aliphatic heterocycles. The highest BCUT2D eigenvalue weighted by molar-refractivity contribution is 7.81. The molecule has 0 radical (unpaired) electrons. The van der Waals surface area contributed by atoms with Crippen molar-refractivity contribution >= 4 is 18.5 Å². The van der Waals surface area contributed by atoms with Crippen molar-refractivity contribution in [2.75, 3.05) is 26.0 Å². The summed E-state index contributed by atoms with van der Waals surface area (Å²) < 4.78 is 11.1. The standard InChI is InChI=1S/C13H17NO3S/c1-9-5-11-12(17-4-3-16-11)6-10(9)7-14(2)13(15)8-18/h5-6,18H,3-4,7-8H2,1-2H3. The van der Waals surface area contributed by atoms with Gasteiger partial charge in [0.1, 0.15) is 13.2 Å². The summed E-state index contributed by atoms with van der Waals surface area (Å²) in [5.74, 6) is 1.77. The van der Waals surface area contributed by atoms with Gasteiger partial charge in [-0.1, -0.05) is 0 Å². The number of hydrogen-bond acceptors (Lipinski definition) is 4. The lowest BCUT2D eigenvalue weighted by molar-refractivity contribution is -0.127. The maximum atomic E-state index is 11.5. The molecule has 1 heterocycles. The van der Waals surface area contributed by atoms with Crippen LogP contribution in [0.1, 0.15) is 11.1 Å². The first kappa shape index (κ1) is 13.1. The van der Waals surface area contributed by atoms with Crippen LogP contribution in [0, 0.1) is 6.92 Å². The molecule has 0 fully saturated rings. The van der Waals surface area contributed by atoms with Crippen LogP contribution in [0.25, 0.3) is 0 Å². The van der Waals surface area contributed by atoms with E-state index in [1.165, 1.54) is 0 Å². The Kier molecular flexibility index (Phi) is 4.01. The largest absolute Gasteiger partial charge is 0.486 e. The van der Waals surface area contributed by atoms with Crippen LogP contribution in [0.3, 0.4) is 0 Å².